The van der Waals surface area contributed by atoms with Crippen LogP contribution in [0.4, 0.5) is 0 Å². The molecule has 7 heteroatoms. The average Bonchev–Trinajstić information content (AvgIpc) is 2.56. The number of likely N-dealkylation sites (N-methyl/N-ethyl adjacent to an activating group) is 1. The molecule has 0 radical (unpaired) electrons. The number of rotatable bonds is 9. The summed E-state index contributed by atoms with van der Waals surface area (Å²) in [5, 5.41) is 6.56. The minimum atomic E-state index is -0.0129. The maximum Gasteiger partial charge on any atom is 0.243 e. The number of guanidine groups is 1. The maximum atomic E-state index is 11.7. The molecule has 1 atom stereocenters. The quantitative estimate of drug-likeness (QED) is 0.284. The van der Waals surface area contributed by atoms with Gasteiger partial charge in [0.2, 0.25) is 5.91 Å². The van der Waals surface area contributed by atoms with E-state index in [1.165, 1.54) is 6.42 Å². The highest BCUT2D eigenvalue weighted by Crippen LogP contribution is 2.11. The van der Waals surface area contributed by atoms with Crippen LogP contribution in [0.5, 0.6) is 0 Å². The van der Waals surface area contributed by atoms with Crippen molar-refractivity contribution in [1.82, 2.24) is 15.5 Å². The minimum absolute atomic E-state index is 0.0129. The Morgan fingerprint density at radius 2 is 2.26 bits per heavy atom. The highest BCUT2D eigenvalue weighted by atomic mass is 32.2. The van der Waals surface area contributed by atoms with Crippen molar-refractivity contribution in [3.8, 4) is 0 Å². The third kappa shape index (κ3) is 9.50. The van der Waals surface area contributed by atoms with Gasteiger partial charge in [-0.3, -0.25) is 4.79 Å². The molecule has 23 heavy (non-hydrogen) atoms. The molecule has 0 aromatic carbocycles. The summed E-state index contributed by atoms with van der Waals surface area (Å²) in [5.74, 6) is 2.57. The van der Waals surface area contributed by atoms with Crippen molar-refractivity contribution in [1.29, 1.82) is 0 Å². The molecule has 2 N–H and O–H groups in total. The number of aliphatic imine (C=N–C) groups is 1. The van der Waals surface area contributed by atoms with E-state index in [0.29, 0.717) is 5.96 Å². The van der Waals surface area contributed by atoms with Gasteiger partial charge in [0.1, 0.15) is 6.54 Å². The van der Waals surface area contributed by atoms with Gasteiger partial charge in [0.15, 0.2) is 5.96 Å². The first-order chi connectivity index (χ1) is 11.1. The molecule has 0 spiro atoms. The third-order valence-electron chi connectivity index (χ3n) is 3.42. The van der Waals surface area contributed by atoms with Crippen LogP contribution in [0.1, 0.15) is 19.3 Å². The summed E-state index contributed by atoms with van der Waals surface area (Å²) in [4.78, 5) is 17.6. The van der Waals surface area contributed by atoms with Gasteiger partial charge in [0, 0.05) is 45.3 Å². The van der Waals surface area contributed by atoms with E-state index < -0.39 is 0 Å². The van der Waals surface area contributed by atoms with Crippen LogP contribution in [0.2, 0.25) is 0 Å². The molecule has 0 aliphatic carbocycles. The monoisotopic (exact) mass is 342 g/mol. The lowest BCUT2D eigenvalue weighted by Gasteiger charge is -2.24. The molecule has 1 rings (SSSR count). The number of carbonyl (C=O) groups excluding carboxylic acids is 1. The molecular formula is C16H30N4O2S. The molecule has 1 aliphatic rings. The molecule has 132 valence electrons. The Morgan fingerprint density at radius 1 is 1.43 bits per heavy atom. The average molecular weight is 343 g/mol. The fourth-order valence-corrected chi connectivity index (χ4v) is 2.63. The molecular weight excluding hydrogens is 312 g/mol. The first kappa shape index (κ1) is 19.8. The van der Waals surface area contributed by atoms with Gasteiger partial charge in [-0.15, -0.1) is 6.58 Å². The number of amides is 1. The third-order valence-corrected chi connectivity index (χ3v) is 4.38. The normalized spacial score (nSPS) is 18.3. The molecule has 0 aromatic rings. The highest BCUT2D eigenvalue weighted by molar-refractivity contribution is 7.99. The second-order valence-corrected chi connectivity index (χ2v) is 6.76. The zero-order chi connectivity index (χ0) is 16.9. The van der Waals surface area contributed by atoms with Crippen LogP contribution in [-0.4, -0.2) is 74.7 Å². The summed E-state index contributed by atoms with van der Waals surface area (Å²) in [6.07, 6.45) is 5.56. The van der Waals surface area contributed by atoms with Crippen LogP contribution in [0.25, 0.3) is 0 Å². The van der Waals surface area contributed by atoms with E-state index in [4.69, 9.17) is 4.74 Å². The summed E-state index contributed by atoms with van der Waals surface area (Å²) in [7, 11) is 3.47. The number of ether oxygens (including phenoxy) is 1. The van der Waals surface area contributed by atoms with Crippen LogP contribution in [0.15, 0.2) is 17.6 Å². The van der Waals surface area contributed by atoms with Crippen molar-refractivity contribution in [2.75, 3.05) is 51.8 Å². The topological polar surface area (TPSA) is 66.0 Å². The van der Waals surface area contributed by atoms with E-state index >= 15 is 0 Å². The summed E-state index contributed by atoms with van der Waals surface area (Å²) < 4.78 is 5.71. The van der Waals surface area contributed by atoms with Crippen LogP contribution in [0, 0.1) is 0 Å². The van der Waals surface area contributed by atoms with Crippen LogP contribution < -0.4 is 10.6 Å². The van der Waals surface area contributed by atoms with Crippen molar-refractivity contribution >= 4 is 23.6 Å². The standard InChI is InChI=1S/C16H30N4O2S/c1-4-10-23-11-8-17-16(19-13-15(21)20(2)3)18-12-14-7-5-6-9-22-14/h4,14H,1,5-13H2,2-3H3,(H2,17,18,19). The highest BCUT2D eigenvalue weighted by Gasteiger charge is 2.14. The lowest BCUT2D eigenvalue weighted by atomic mass is 10.1. The fraction of sp³-hybridized carbons (Fsp3) is 0.750. The van der Waals surface area contributed by atoms with Crippen molar-refractivity contribution in [2.45, 2.75) is 25.4 Å². The van der Waals surface area contributed by atoms with E-state index in [1.807, 2.05) is 17.8 Å². The lowest BCUT2D eigenvalue weighted by molar-refractivity contribution is -0.127. The summed E-state index contributed by atoms with van der Waals surface area (Å²) in [6, 6.07) is 0. The van der Waals surface area contributed by atoms with Crippen LogP contribution >= 0.6 is 11.8 Å². The van der Waals surface area contributed by atoms with Crippen molar-refractivity contribution in [2.24, 2.45) is 4.99 Å². The molecule has 1 aliphatic heterocycles. The maximum absolute atomic E-state index is 11.7. The van der Waals surface area contributed by atoms with E-state index in [2.05, 4.69) is 22.2 Å². The molecule has 0 saturated carbocycles. The van der Waals surface area contributed by atoms with Gasteiger partial charge in [0.05, 0.1) is 6.10 Å². The zero-order valence-electron chi connectivity index (χ0n) is 14.3. The number of nitrogens with one attached hydrogen (secondary N) is 2. The van der Waals surface area contributed by atoms with Crippen LogP contribution in [0.3, 0.4) is 0 Å². The Bertz CT molecular complexity index is 382. The van der Waals surface area contributed by atoms with E-state index in [-0.39, 0.29) is 18.6 Å². The van der Waals surface area contributed by atoms with E-state index in [0.717, 1.165) is 44.0 Å². The van der Waals surface area contributed by atoms with E-state index in [1.54, 1.807) is 19.0 Å². The van der Waals surface area contributed by atoms with E-state index in [9.17, 15) is 4.79 Å². The molecule has 1 heterocycles. The molecule has 1 unspecified atom stereocenters. The van der Waals surface area contributed by atoms with Gasteiger partial charge in [-0.25, -0.2) is 4.99 Å². The Morgan fingerprint density at radius 3 is 2.91 bits per heavy atom. The zero-order valence-corrected chi connectivity index (χ0v) is 15.2. The van der Waals surface area contributed by atoms with Gasteiger partial charge in [-0.1, -0.05) is 6.08 Å². The SMILES string of the molecule is C=CCSCCNC(=NCC(=O)N(C)C)NCC1CCCCO1. The Hall–Kier alpha value is -1.21. The van der Waals surface area contributed by atoms with Gasteiger partial charge >= 0.3 is 0 Å². The number of nitrogens with zero attached hydrogens (tertiary/aromatic N) is 2. The number of hydrogen-bond acceptors (Lipinski definition) is 4. The van der Waals surface area contributed by atoms with Crippen molar-refractivity contribution in [3.05, 3.63) is 12.7 Å². The van der Waals surface area contributed by atoms with Crippen LogP contribution in [-0.2, 0) is 9.53 Å². The Balaban J connectivity index is 2.40. The van der Waals surface area contributed by atoms with Crippen molar-refractivity contribution in [3.63, 3.8) is 0 Å². The van der Waals surface area contributed by atoms with Crippen molar-refractivity contribution < 1.29 is 9.53 Å². The first-order valence-corrected chi connectivity index (χ1v) is 9.31. The molecule has 0 bridgehead atoms. The minimum Gasteiger partial charge on any atom is -0.376 e. The Kier molecular flexibility index (Phi) is 10.6. The Labute approximate surface area is 144 Å². The molecule has 1 fully saturated rings. The molecule has 1 saturated heterocycles. The molecule has 0 aromatic heterocycles. The molecule has 1 amide bonds. The summed E-state index contributed by atoms with van der Waals surface area (Å²) >= 11 is 1.81. The van der Waals surface area contributed by atoms with Gasteiger partial charge in [-0.2, -0.15) is 11.8 Å². The first-order valence-electron chi connectivity index (χ1n) is 8.16. The second kappa shape index (κ2) is 12.2. The summed E-state index contributed by atoms with van der Waals surface area (Å²) in [6.45, 7) is 6.21. The summed E-state index contributed by atoms with van der Waals surface area (Å²) in [5.41, 5.74) is 0. The fourth-order valence-electron chi connectivity index (χ4n) is 2.05. The molecule has 6 nitrogen and oxygen atoms in total. The van der Waals surface area contributed by atoms with Gasteiger partial charge in [-0.05, 0) is 19.3 Å². The number of thioether (sulfide) groups is 1. The predicted molar refractivity (Wildman–Crippen MR) is 98.1 cm³/mol. The van der Waals surface area contributed by atoms with Gasteiger partial charge in [0.25, 0.3) is 0 Å². The number of hydrogen-bond donors (Lipinski definition) is 2. The largest absolute Gasteiger partial charge is 0.376 e. The van der Waals surface area contributed by atoms with Gasteiger partial charge < -0.3 is 20.3 Å². The lowest BCUT2D eigenvalue weighted by Crippen LogP contribution is -2.43. The number of carbonyl (C=O) groups is 1. The second-order valence-electron chi connectivity index (χ2n) is 5.61. The predicted octanol–water partition coefficient (Wildman–Crippen LogP) is 1.10. The smallest absolute Gasteiger partial charge is 0.243 e.